The Kier molecular flexibility index (Phi) is 3.09. The molecule has 2 aliphatic heterocycles. The zero-order valence-electron chi connectivity index (χ0n) is 10.4. The highest BCUT2D eigenvalue weighted by atomic mass is 16.5. The summed E-state index contributed by atoms with van der Waals surface area (Å²) in [5, 5.41) is 3.45. The van der Waals surface area contributed by atoms with Crippen LogP contribution in [0.1, 0.15) is 25.7 Å². The van der Waals surface area contributed by atoms with Crippen LogP contribution in [0.5, 0.6) is 0 Å². The summed E-state index contributed by atoms with van der Waals surface area (Å²) in [7, 11) is 0. The first-order valence-electron chi connectivity index (χ1n) is 6.91. The van der Waals surface area contributed by atoms with E-state index in [1.807, 2.05) is 4.90 Å². The van der Waals surface area contributed by atoms with E-state index < -0.39 is 0 Å². The number of ether oxygens (including phenoxy) is 1. The molecule has 2 heterocycles. The van der Waals surface area contributed by atoms with Gasteiger partial charge < -0.3 is 15.0 Å². The molecule has 0 aromatic rings. The van der Waals surface area contributed by atoms with E-state index in [-0.39, 0.29) is 5.41 Å². The predicted octanol–water partition coefficient (Wildman–Crippen LogP) is 0.625. The number of rotatable bonds is 1. The van der Waals surface area contributed by atoms with Crippen molar-refractivity contribution < 1.29 is 9.53 Å². The molecule has 0 spiro atoms. The highest BCUT2D eigenvalue weighted by molar-refractivity contribution is 5.84. The Morgan fingerprint density at radius 1 is 1.29 bits per heavy atom. The molecule has 0 bridgehead atoms. The second-order valence-electron chi connectivity index (χ2n) is 5.63. The average Bonchev–Trinajstić information content (AvgIpc) is 2.84. The summed E-state index contributed by atoms with van der Waals surface area (Å²) >= 11 is 0. The van der Waals surface area contributed by atoms with Crippen LogP contribution in [0, 0.1) is 11.3 Å². The highest BCUT2D eigenvalue weighted by Crippen LogP contribution is 2.45. The van der Waals surface area contributed by atoms with Crippen LogP contribution in [-0.2, 0) is 9.53 Å². The van der Waals surface area contributed by atoms with E-state index in [9.17, 15) is 4.79 Å². The molecule has 1 amide bonds. The predicted molar refractivity (Wildman–Crippen MR) is 64.7 cm³/mol. The van der Waals surface area contributed by atoms with E-state index in [0.29, 0.717) is 25.0 Å². The van der Waals surface area contributed by atoms with Crippen LogP contribution < -0.4 is 5.32 Å². The fourth-order valence-corrected chi connectivity index (χ4v) is 3.75. The van der Waals surface area contributed by atoms with E-state index in [1.165, 1.54) is 19.3 Å². The fraction of sp³-hybridized carbons (Fsp3) is 0.923. The van der Waals surface area contributed by atoms with Gasteiger partial charge in [0.15, 0.2) is 0 Å². The lowest BCUT2D eigenvalue weighted by atomic mass is 9.67. The van der Waals surface area contributed by atoms with Gasteiger partial charge in [0.05, 0.1) is 18.6 Å². The van der Waals surface area contributed by atoms with Gasteiger partial charge in [0, 0.05) is 19.6 Å². The number of carbonyl (C=O) groups excluding carboxylic acids is 1. The van der Waals surface area contributed by atoms with Crippen molar-refractivity contribution >= 4 is 5.91 Å². The van der Waals surface area contributed by atoms with Crippen molar-refractivity contribution in [1.82, 2.24) is 10.2 Å². The molecule has 0 unspecified atom stereocenters. The lowest BCUT2D eigenvalue weighted by molar-refractivity contribution is -0.149. The smallest absolute Gasteiger partial charge is 0.230 e. The molecule has 1 aliphatic carbocycles. The third-order valence-corrected chi connectivity index (χ3v) is 4.76. The van der Waals surface area contributed by atoms with E-state index in [2.05, 4.69) is 5.32 Å². The minimum atomic E-state index is -0.0738. The molecule has 17 heavy (non-hydrogen) atoms. The molecule has 4 nitrogen and oxygen atoms in total. The SMILES string of the molecule is O=C(N1CCOCC1)[C@@]12CCCC[C@H]1CNC2. The van der Waals surface area contributed by atoms with Crippen molar-refractivity contribution in [2.24, 2.45) is 11.3 Å². The second-order valence-corrected chi connectivity index (χ2v) is 5.63. The molecule has 2 saturated heterocycles. The first-order valence-corrected chi connectivity index (χ1v) is 6.91. The summed E-state index contributed by atoms with van der Waals surface area (Å²) in [6, 6.07) is 0. The summed E-state index contributed by atoms with van der Waals surface area (Å²) in [6.07, 6.45) is 4.82. The average molecular weight is 238 g/mol. The largest absolute Gasteiger partial charge is 0.378 e. The molecule has 3 rings (SSSR count). The lowest BCUT2D eigenvalue weighted by Gasteiger charge is -2.41. The monoisotopic (exact) mass is 238 g/mol. The molecule has 1 N–H and O–H groups in total. The van der Waals surface area contributed by atoms with E-state index in [4.69, 9.17) is 4.74 Å². The Labute approximate surface area is 103 Å². The normalized spacial score (nSPS) is 37.9. The summed E-state index contributed by atoms with van der Waals surface area (Å²) in [5.41, 5.74) is -0.0738. The van der Waals surface area contributed by atoms with E-state index in [1.54, 1.807) is 0 Å². The Balaban J connectivity index is 1.77. The third kappa shape index (κ3) is 1.87. The second kappa shape index (κ2) is 4.58. The Morgan fingerprint density at radius 2 is 2.12 bits per heavy atom. The minimum Gasteiger partial charge on any atom is -0.378 e. The maximum Gasteiger partial charge on any atom is 0.230 e. The van der Waals surface area contributed by atoms with Gasteiger partial charge >= 0.3 is 0 Å². The van der Waals surface area contributed by atoms with Gasteiger partial charge in [-0.15, -0.1) is 0 Å². The molecule has 3 fully saturated rings. The van der Waals surface area contributed by atoms with Crippen LogP contribution in [0.25, 0.3) is 0 Å². The standard InChI is InChI=1S/C13H22N2O2/c16-12(15-5-7-17-8-6-15)13-4-2-1-3-11(13)9-14-10-13/h11,14H,1-10H2/t11-,13+/m0/s1. The number of amides is 1. The maximum absolute atomic E-state index is 12.8. The van der Waals surface area contributed by atoms with Crippen molar-refractivity contribution in [3.8, 4) is 0 Å². The zero-order chi connectivity index (χ0) is 11.7. The van der Waals surface area contributed by atoms with Crippen LogP contribution in [0.4, 0.5) is 0 Å². The molecule has 2 atom stereocenters. The van der Waals surface area contributed by atoms with E-state index >= 15 is 0 Å². The molecule has 0 aromatic carbocycles. The third-order valence-electron chi connectivity index (χ3n) is 4.76. The molecule has 96 valence electrons. The van der Waals surface area contributed by atoms with Crippen LogP contribution >= 0.6 is 0 Å². The maximum atomic E-state index is 12.8. The first-order chi connectivity index (χ1) is 8.33. The van der Waals surface area contributed by atoms with Gasteiger partial charge in [-0.05, 0) is 25.3 Å². The fourth-order valence-electron chi connectivity index (χ4n) is 3.75. The van der Waals surface area contributed by atoms with Crippen LogP contribution in [0.15, 0.2) is 0 Å². The first kappa shape index (κ1) is 11.5. The summed E-state index contributed by atoms with van der Waals surface area (Å²) in [6.45, 7) is 4.92. The number of nitrogens with one attached hydrogen (secondary N) is 1. The Morgan fingerprint density at radius 3 is 2.94 bits per heavy atom. The summed E-state index contributed by atoms with van der Waals surface area (Å²) < 4.78 is 5.34. The lowest BCUT2D eigenvalue weighted by Crippen LogP contribution is -2.52. The van der Waals surface area contributed by atoms with Crippen molar-refractivity contribution in [3.63, 3.8) is 0 Å². The number of carbonyl (C=O) groups is 1. The van der Waals surface area contributed by atoms with Gasteiger partial charge in [0.25, 0.3) is 0 Å². The van der Waals surface area contributed by atoms with Gasteiger partial charge in [-0.1, -0.05) is 12.8 Å². The van der Waals surface area contributed by atoms with Crippen molar-refractivity contribution in [3.05, 3.63) is 0 Å². The highest BCUT2D eigenvalue weighted by Gasteiger charge is 2.51. The quantitative estimate of drug-likeness (QED) is 0.728. The van der Waals surface area contributed by atoms with Crippen molar-refractivity contribution in [2.75, 3.05) is 39.4 Å². The van der Waals surface area contributed by atoms with Crippen LogP contribution in [0.2, 0.25) is 0 Å². The number of hydrogen-bond donors (Lipinski definition) is 1. The van der Waals surface area contributed by atoms with Gasteiger partial charge in [-0.2, -0.15) is 0 Å². The van der Waals surface area contributed by atoms with Crippen molar-refractivity contribution in [2.45, 2.75) is 25.7 Å². The Hall–Kier alpha value is -0.610. The molecule has 3 aliphatic rings. The topological polar surface area (TPSA) is 41.6 Å². The summed E-state index contributed by atoms with van der Waals surface area (Å²) in [4.78, 5) is 14.8. The number of fused-ring (bicyclic) bond motifs is 1. The van der Waals surface area contributed by atoms with Gasteiger partial charge in [-0.3, -0.25) is 4.79 Å². The van der Waals surface area contributed by atoms with Crippen LogP contribution in [-0.4, -0.2) is 50.2 Å². The summed E-state index contributed by atoms with van der Waals surface area (Å²) in [5.74, 6) is 0.974. The number of nitrogens with zero attached hydrogens (tertiary/aromatic N) is 1. The zero-order valence-corrected chi connectivity index (χ0v) is 10.4. The van der Waals surface area contributed by atoms with E-state index in [0.717, 1.165) is 32.6 Å². The molecule has 0 aromatic heterocycles. The molecule has 1 saturated carbocycles. The van der Waals surface area contributed by atoms with Gasteiger partial charge in [0.1, 0.15) is 0 Å². The molecular formula is C13H22N2O2. The van der Waals surface area contributed by atoms with Gasteiger partial charge in [-0.25, -0.2) is 0 Å². The van der Waals surface area contributed by atoms with Crippen LogP contribution in [0.3, 0.4) is 0 Å². The molecular weight excluding hydrogens is 216 g/mol. The Bertz CT molecular complexity index is 302. The molecule has 4 heteroatoms. The number of morpholine rings is 1. The molecule has 0 radical (unpaired) electrons. The number of hydrogen-bond acceptors (Lipinski definition) is 3. The van der Waals surface area contributed by atoms with Gasteiger partial charge in [0.2, 0.25) is 5.91 Å². The minimum absolute atomic E-state index is 0.0738. The van der Waals surface area contributed by atoms with Crippen molar-refractivity contribution in [1.29, 1.82) is 0 Å².